The van der Waals surface area contributed by atoms with Crippen molar-refractivity contribution in [1.29, 1.82) is 0 Å². The molecule has 2 N–H and O–H groups in total. The van der Waals surface area contributed by atoms with Gasteiger partial charge in [-0.25, -0.2) is 9.09 Å². The van der Waals surface area contributed by atoms with E-state index in [0.717, 1.165) is 34.6 Å². The highest BCUT2D eigenvalue weighted by atomic mass is 31.2. The van der Waals surface area contributed by atoms with E-state index in [4.69, 9.17) is 32.9 Å². The van der Waals surface area contributed by atoms with Gasteiger partial charge < -0.3 is 38.2 Å². The zero-order valence-electron chi connectivity index (χ0n) is 24.9. The van der Waals surface area contributed by atoms with Gasteiger partial charge in [-0.1, -0.05) is 60.7 Å². The van der Waals surface area contributed by atoms with Gasteiger partial charge in [0.05, 0.1) is 0 Å². The Hall–Kier alpha value is -4.14. The van der Waals surface area contributed by atoms with Crippen molar-refractivity contribution in [2.75, 3.05) is 6.61 Å². The van der Waals surface area contributed by atoms with Crippen LogP contribution in [0.25, 0.3) is 0 Å². The third-order valence-electron chi connectivity index (χ3n) is 6.45. The van der Waals surface area contributed by atoms with Crippen molar-refractivity contribution in [2.24, 2.45) is 0 Å². The Kier molecular flexibility index (Phi) is 11.2. The molecule has 0 aliphatic carbocycles. The van der Waals surface area contributed by atoms with E-state index in [2.05, 4.69) is 0 Å². The Morgan fingerprint density at radius 2 is 1.31 bits per heavy atom. The van der Waals surface area contributed by atoms with Gasteiger partial charge in [0.2, 0.25) is 5.60 Å². The number of phosphoric acid groups is 1. The van der Waals surface area contributed by atoms with Crippen molar-refractivity contribution in [1.82, 2.24) is 0 Å². The molecule has 1 saturated heterocycles. The third-order valence-corrected chi connectivity index (χ3v) is 6.95. The number of rotatable bonds is 11. The Bertz CT molecular complexity index is 1440. The van der Waals surface area contributed by atoms with E-state index in [1.54, 1.807) is 12.1 Å². The van der Waals surface area contributed by atoms with Crippen LogP contribution in [0, 0.1) is 0 Å². The van der Waals surface area contributed by atoms with Crippen LogP contribution in [0.3, 0.4) is 0 Å². The largest absolute Gasteiger partial charge is 0.472 e. The van der Waals surface area contributed by atoms with E-state index >= 15 is 0 Å². The maximum absolute atomic E-state index is 13.0. The van der Waals surface area contributed by atoms with Gasteiger partial charge in [0.25, 0.3) is 5.79 Å². The normalized spacial score (nSPS) is 25.3. The Morgan fingerprint density at radius 1 is 0.778 bits per heavy atom. The van der Waals surface area contributed by atoms with Crippen LogP contribution in [0.5, 0.6) is 0 Å². The van der Waals surface area contributed by atoms with Gasteiger partial charge in [-0.05, 0) is 0 Å². The number of ether oxygens (including phenoxy) is 6. The standard InChI is InChI=1S/C29H33O15P/c1-17(30)38-16-24(39-18(2)31)25-26(40-19(3)32)27(41-20(4)33)28(42-21(5)34,22-12-8-6-9-13-22)29(43-25,44-45(35,36)37)23-14-10-7-11-15-23/h6-15,24-27H,16H2,1-5H3,(H2,35,36,37)/t24-,25-,26-,27+,28+,29+/m1/s1. The van der Waals surface area contributed by atoms with E-state index in [0.29, 0.717) is 0 Å². The molecule has 2 aromatic carbocycles. The number of hydrogen-bond donors (Lipinski definition) is 2. The first-order valence-electron chi connectivity index (χ1n) is 13.4. The molecule has 16 heteroatoms. The van der Waals surface area contributed by atoms with Crippen molar-refractivity contribution in [3.05, 3.63) is 71.8 Å². The highest BCUT2D eigenvalue weighted by molar-refractivity contribution is 7.46. The lowest BCUT2D eigenvalue weighted by Gasteiger charge is -2.58. The lowest BCUT2D eigenvalue weighted by molar-refractivity contribution is -0.403. The van der Waals surface area contributed by atoms with Crippen LogP contribution in [-0.4, -0.2) is 70.7 Å². The minimum Gasteiger partial charge on any atom is -0.462 e. The molecule has 6 atom stereocenters. The van der Waals surface area contributed by atoms with Crippen LogP contribution >= 0.6 is 7.82 Å². The first-order valence-corrected chi connectivity index (χ1v) is 14.9. The Morgan fingerprint density at radius 3 is 1.76 bits per heavy atom. The maximum atomic E-state index is 13.0. The number of benzene rings is 2. The summed E-state index contributed by atoms with van der Waals surface area (Å²) in [5.41, 5.74) is -2.95. The summed E-state index contributed by atoms with van der Waals surface area (Å²) in [6.45, 7) is 4.29. The average Bonchev–Trinajstić information content (AvgIpc) is 2.93. The molecule has 15 nitrogen and oxygen atoms in total. The SMILES string of the molecule is CC(=O)OC[C@@H](OC(C)=O)[C@H]1O[C@](OP(=O)(O)O)(c2ccccc2)[C@](OC(C)=O)(c2ccccc2)[C@@H](OC(C)=O)[C@@H]1OC(C)=O. The molecule has 45 heavy (non-hydrogen) atoms. The fourth-order valence-electron chi connectivity index (χ4n) is 5.18. The van der Waals surface area contributed by atoms with Gasteiger partial charge in [-0.3, -0.25) is 24.0 Å². The van der Waals surface area contributed by atoms with Crippen molar-refractivity contribution in [3.8, 4) is 0 Å². The van der Waals surface area contributed by atoms with Crippen molar-refractivity contribution in [3.63, 3.8) is 0 Å². The molecule has 1 fully saturated rings. The molecule has 244 valence electrons. The highest BCUT2D eigenvalue weighted by Gasteiger charge is 2.75. The average molecular weight is 653 g/mol. The monoisotopic (exact) mass is 652 g/mol. The predicted octanol–water partition coefficient (Wildman–Crippen LogP) is 2.16. The molecule has 0 saturated carbocycles. The summed E-state index contributed by atoms with van der Waals surface area (Å²) in [5, 5.41) is 0. The number of hydrogen-bond acceptors (Lipinski definition) is 13. The van der Waals surface area contributed by atoms with Crippen LogP contribution in [-0.2, 0) is 72.9 Å². The lowest BCUT2D eigenvalue weighted by atomic mass is 9.71. The quantitative estimate of drug-likeness (QED) is 0.203. The molecule has 0 amide bonds. The van der Waals surface area contributed by atoms with E-state index in [1.165, 1.54) is 48.5 Å². The second-order valence-electron chi connectivity index (χ2n) is 9.90. The van der Waals surface area contributed by atoms with Crippen LogP contribution in [0.4, 0.5) is 0 Å². The van der Waals surface area contributed by atoms with Crippen LogP contribution in [0.1, 0.15) is 45.7 Å². The molecule has 2 aromatic rings. The Labute approximate surface area is 257 Å². The molecular formula is C29H33O15P. The number of phosphoric ester groups is 1. The second-order valence-corrected chi connectivity index (χ2v) is 11.1. The van der Waals surface area contributed by atoms with Gasteiger partial charge in [-0.15, -0.1) is 0 Å². The zero-order valence-corrected chi connectivity index (χ0v) is 25.8. The maximum Gasteiger partial charge on any atom is 0.472 e. The first-order chi connectivity index (χ1) is 21.0. The molecular weight excluding hydrogens is 619 g/mol. The summed E-state index contributed by atoms with van der Waals surface area (Å²) in [5.74, 6) is -7.76. The molecule has 3 rings (SSSR count). The van der Waals surface area contributed by atoms with Crippen LogP contribution in [0.15, 0.2) is 60.7 Å². The van der Waals surface area contributed by atoms with E-state index in [9.17, 15) is 38.3 Å². The van der Waals surface area contributed by atoms with Crippen molar-refractivity contribution < 1.29 is 71.3 Å². The topological polar surface area (TPSA) is 207 Å². The van der Waals surface area contributed by atoms with Gasteiger partial charge in [0.1, 0.15) is 12.7 Å². The summed E-state index contributed by atoms with van der Waals surface area (Å²) in [7, 11) is -5.69. The van der Waals surface area contributed by atoms with E-state index < -0.39 is 80.1 Å². The highest BCUT2D eigenvalue weighted by Crippen LogP contribution is 2.61. The number of carbonyl (C=O) groups is 5. The smallest absolute Gasteiger partial charge is 0.462 e. The van der Waals surface area contributed by atoms with Crippen LogP contribution in [0.2, 0.25) is 0 Å². The van der Waals surface area contributed by atoms with E-state index in [-0.39, 0.29) is 11.1 Å². The van der Waals surface area contributed by atoms with Gasteiger partial charge >= 0.3 is 37.7 Å². The lowest BCUT2D eigenvalue weighted by Crippen LogP contribution is -2.74. The van der Waals surface area contributed by atoms with Gasteiger partial charge in [-0.2, -0.15) is 0 Å². The summed E-state index contributed by atoms with van der Waals surface area (Å²) in [6.07, 6.45) is -7.42. The number of esters is 5. The van der Waals surface area contributed by atoms with Gasteiger partial charge in [0.15, 0.2) is 18.3 Å². The van der Waals surface area contributed by atoms with E-state index in [1.807, 2.05) is 0 Å². The van der Waals surface area contributed by atoms with Gasteiger partial charge in [0, 0.05) is 45.7 Å². The zero-order chi connectivity index (χ0) is 33.6. The predicted molar refractivity (Wildman–Crippen MR) is 149 cm³/mol. The Balaban J connectivity index is 2.60. The molecule has 0 spiro atoms. The molecule has 1 aliphatic rings. The first kappa shape index (κ1) is 35.3. The summed E-state index contributed by atoms with van der Waals surface area (Å²) in [6, 6.07) is 14.4. The molecule has 1 heterocycles. The summed E-state index contributed by atoms with van der Waals surface area (Å²) < 4.78 is 52.4. The van der Waals surface area contributed by atoms with Crippen molar-refractivity contribution in [2.45, 2.75) is 70.4 Å². The second kappa shape index (κ2) is 14.3. The summed E-state index contributed by atoms with van der Waals surface area (Å²) in [4.78, 5) is 83.0. The molecule has 0 unspecified atom stereocenters. The third kappa shape index (κ3) is 8.12. The fraction of sp³-hybridized carbons (Fsp3) is 0.414. The molecule has 0 radical (unpaired) electrons. The molecule has 1 aliphatic heterocycles. The minimum absolute atomic E-state index is 0.0802. The minimum atomic E-state index is -5.69. The summed E-state index contributed by atoms with van der Waals surface area (Å²) >= 11 is 0. The molecule has 0 aromatic heterocycles. The number of carbonyl (C=O) groups excluding carboxylic acids is 5. The molecule has 0 bridgehead atoms. The van der Waals surface area contributed by atoms with Crippen molar-refractivity contribution >= 4 is 37.7 Å². The fourth-order valence-corrected chi connectivity index (χ4v) is 5.80. The van der Waals surface area contributed by atoms with Crippen LogP contribution < -0.4 is 0 Å².